The number of oxime groups is 1. The number of hydrogen-bond acceptors (Lipinski definition) is 4. The average Bonchev–Trinajstić information content (AvgIpc) is 2.44. The highest BCUT2D eigenvalue weighted by molar-refractivity contribution is 7.99. The number of benzene rings is 1. The van der Waals surface area contributed by atoms with Gasteiger partial charge in [-0.2, -0.15) is 11.8 Å². The number of halogens is 1. The molecular weight excluding hydrogens is 277 g/mol. The van der Waals surface area contributed by atoms with Gasteiger partial charge < -0.3 is 16.3 Å². The van der Waals surface area contributed by atoms with Crippen molar-refractivity contribution in [3.63, 3.8) is 0 Å². The van der Waals surface area contributed by atoms with Crippen molar-refractivity contribution in [2.24, 2.45) is 10.9 Å². The van der Waals surface area contributed by atoms with E-state index in [1.54, 1.807) is 6.07 Å². The Kier molecular flexibility index (Phi) is 7.40. The Morgan fingerprint density at radius 3 is 2.90 bits per heavy atom. The van der Waals surface area contributed by atoms with Crippen molar-refractivity contribution >= 4 is 17.6 Å². The summed E-state index contributed by atoms with van der Waals surface area (Å²) in [6.07, 6.45) is 1.07. The number of thioether (sulfide) groups is 1. The second-order valence-electron chi connectivity index (χ2n) is 4.60. The van der Waals surface area contributed by atoms with Crippen LogP contribution in [0.25, 0.3) is 0 Å². The number of nitrogens with one attached hydrogen (secondary N) is 1. The quantitative estimate of drug-likeness (QED) is 0.227. The van der Waals surface area contributed by atoms with Crippen LogP contribution in [0.2, 0.25) is 0 Å². The fourth-order valence-electron chi connectivity index (χ4n) is 1.76. The second-order valence-corrected chi connectivity index (χ2v) is 5.99. The second kappa shape index (κ2) is 8.81. The van der Waals surface area contributed by atoms with Crippen molar-refractivity contribution in [3.8, 4) is 0 Å². The number of nitrogens with zero attached hydrogens (tertiary/aromatic N) is 1. The van der Waals surface area contributed by atoms with Crippen molar-refractivity contribution < 1.29 is 9.60 Å². The summed E-state index contributed by atoms with van der Waals surface area (Å²) >= 11 is 1.91. The lowest BCUT2D eigenvalue weighted by molar-refractivity contribution is 0.318. The molecule has 0 aliphatic carbocycles. The molecule has 0 heterocycles. The Morgan fingerprint density at radius 2 is 2.25 bits per heavy atom. The molecule has 0 saturated carbocycles. The van der Waals surface area contributed by atoms with Crippen LogP contribution in [-0.2, 0) is 6.54 Å². The lowest BCUT2D eigenvalue weighted by Crippen LogP contribution is -2.26. The third-order valence-corrected chi connectivity index (χ3v) is 3.85. The molecule has 1 aromatic rings. The third kappa shape index (κ3) is 5.79. The van der Waals surface area contributed by atoms with Gasteiger partial charge >= 0.3 is 0 Å². The van der Waals surface area contributed by atoms with Crippen molar-refractivity contribution in [1.29, 1.82) is 0 Å². The molecule has 0 saturated heterocycles. The summed E-state index contributed by atoms with van der Waals surface area (Å²) in [6.45, 7) is 4.81. The summed E-state index contributed by atoms with van der Waals surface area (Å²) in [6, 6.07) is 4.79. The van der Waals surface area contributed by atoms with Crippen LogP contribution in [0.4, 0.5) is 4.39 Å². The Morgan fingerprint density at radius 1 is 1.50 bits per heavy atom. The van der Waals surface area contributed by atoms with E-state index in [-0.39, 0.29) is 11.7 Å². The summed E-state index contributed by atoms with van der Waals surface area (Å²) in [5.74, 6) is 1.77. The summed E-state index contributed by atoms with van der Waals surface area (Å²) in [5, 5.41) is 14.9. The standard InChI is InChI=1S/C14H22FN3OS/c1-3-20-5-4-10(2)17-9-11-6-12(14(16)18-19)8-13(15)7-11/h6-8,10,17,19H,3-5,9H2,1-2H3,(H2,16,18). The molecule has 1 rings (SSSR count). The summed E-state index contributed by atoms with van der Waals surface area (Å²) in [7, 11) is 0. The van der Waals surface area contributed by atoms with Crippen molar-refractivity contribution in [1.82, 2.24) is 5.32 Å². The first-order valence-electron chi connectivity index (χ1n) is 6.65. The van der Waals surface area contributed by atoms with Gasteiger partial charge in [-0.1, -0.05) is 12.1 Å². The van der Waals surface area contributed by atoms with E-state index in [2.05, 4.69) is 24.3 Å². The van der Waals surface area contributed by atoms with Crippen LogP contribution >= 0.6 is 11.8 Å². The number of rotatable bonds is 8. The first-order valence-corrected chi connectivity index (χ1v) is 7.80. The van der Waals surface area contributed by atoms with Crippen molar-refractivity contribution in [3.05, 3.63) is 35.1 Å². The van der Waals surface area contributed by atoms with Gasteiger partial charge in [-0.05, 0) is 48.6 Å². The number of amidine groups is 1. The molecule has 0 aromatic heterocycles. The molecule has 0 amide bonds. The molecule has 0 bridgehead atoms. The average molecular weight is 299 g/mol. The third-order valence-electron chi connectivity index (χ3n) is 2.92. The molecule has 1 unspecified atom stereocenters. The Bertz CT molecular complexity index is 454. The molecule has 4 nitrogen and oxygen atoms in total. The van der Waals surface area contributed by atoms with Gasteiger partial charge in [-0.25, -0.2) is 4.39 Å². The minimum Gasteiger partial charge on any atom is -0.409 e. The lowest BCUT2D eigenvalue weighted by atomic mass is 10.1. The van der Waals surface area contributed by atoms with Gasteiger partial charge in [0.15, 0.2) is 5.84 Å². The minimum atomic E-state index is -0.389. The number of hydrogen-bond donors (Lipinski definition) is 3. The van der Waals surface area contributed by atoms with Gasteiger partial charge in [0.05, 0.1) is 0 Å². The van der Waals surface area contributed by atoms with Crippen molar-refractivity contribution in [2.45, 2.75) is 32.9 Å². The van der Waals surface area contributed by atoms with Crippen LogP contribution in [0.5, 0.6) is 0 Å². The summed E-state index contributed by atoms with van der Waals surface area (Å²) in [5.41, 5.74) is 6.65. The highest BCUT2D eigenvalue weighted by Crippen LogP contribution is 2.10. The van der Waals surface area contributed by atoms with Gasteiger partial charge in [-0.15, -0.1) is 0 Å². The maximum atomic E-state index is 13.5. The van der Waals surface area contributed by atoms with Crippen LogP contribution in [-0.4, -0.2) is 28.6 Å². The van der Waals surface area contributed by atoms with Gasteiger partial charge in [0.25, 0.3) is 0 Å². The zero-order valence-corrected chi connectivity index (χ0v) is 12.7. The first kappa shape index (κ1) is 16.8. The molecule has 1 atom stereocenters. The lowest BCUT2D eigenvalue weighted by Gasteiger charge is -2.14. The summed E-state index contributed by atoms with van der Waals surface area (Å²) in [4.78, 5) is 0. The van der Waals surface area contributed by atoms with Crippen LogP contribution in [0, 0.1) is 5.82 Å². The van der Waals surface area contributed by atoms with Crippen LogP contribution in [0.15, 0.2) is 23.4 Å². The molecule has 4 N–H and O–H groups in total. The number of nitrogens with two attached hydrogens (primary N) is 1. The highest BCUT2D eigenvalue weighted by atomic mass is 32.2. The van der Waals surface area contributed by atoms with Crippen molar-refractivity contribution in [2.75, 3.05) is 11.5 Å². The normalized spacial score (nSPS) is 13.4. The van der Waals surface area contributed by atoms with Crippen LogP contribution in [0.1, 0.15) is 31.4 Å². The minimum absolute atomic E-state index is 0.0851. The smallest absolute Gasteiger partial charge is 0.170 e. The van der Waals surface area contributed by atoms with Gasteiger partial charge in [0.1, 0.15) is 5.82 Å². The fourth-order valence-corrected chi connectivity index (χ4v) is 2.57. The van der Waals surface area contributed by atoms with Crippen LogP contribution < -0.4 is 11.1 Å². The Labute approximate surface area is 123 Å². The van der Waals surface area contributed by atoms with Gasteiger partial charge in [0.2, 0.25) is 0 Å². The monoisotopic (exact) mass is 299 g/mol. The maximum absolute atomic E-state index is 13.5. The van der Waals surface area contributed by atoms with Crippen LogP contribution in [0.3, 0.4) is 0 Å². The van der Waals surface area contributed by atoms with E-state index in [0.29, 0.717) is 18.2 Å². The van der Waals surface area contributed by atoms with E-state index < -0.39 is 0 Å². The molecule has 20 heavy (non-hydrogen) atoms. The van der Waals surface area contributed by atoms with E-state index in [1.165, 1.54) is 12.1 Å². The predicted molar refractivity (Wildman–Crippen MR) is 82.8 cm³/mol. The maximum Gasteiger partial charge on any atom is 0.170 e. The highest BCUT2D eigenvalue weighted by Gasteiger charge is 2.06. The predicted octanol–water partition coefficient (Wildman–Crippen LogP) is 2.54. The molecule has 6 heteroatoms. The molecule has 112 valence electrons. The fraction of sp³-hybridized carbons (Fsp3) is 0.500. The van der Waals surface area contributed by atoms with E-state index in [4.69, 9.17) is 10.9 Å². The van der Waals surface area contributed by atoms with E-state index in [9.17, 15) is 4.39 Å². The van der Waals surface area contributed by atoms with E-state index >= 15 is 0 Å². The molecule has 0 spiro atoms. The van der Waals surface area contributed by atoms with Gasteiger partial charge in [0, 0.05) is 18.2 Å². The Balaban J connectivity index is 2.57. The summed E-state index contributed by atoms with van der Waals surface area (Å²) < 4.78 is 13.5. The molecule has 0 aliphatic heterocycles. The van der Waals surface area contributed by atoms with E-state index in [0.717, 1.165) is 23.5 Å². The molecule has 0 radical (unpaired) electrons. The topological polar surface area (TPSA) is 70.6 Å². The SMILES string of the molecule is CCSCCC(C)NCc1cc(F)cc(/C(N)=N/O)c1. The zero-order valence-electron chi connectivity index (χ0n) is 11.9. The zero-order chi connectivity index (χ0) is 15.0. The van der Waals surface area contributed by atoms with E-state index in [1.807, 2.05) is 11.8 Å². The largest absolute Gasteiger partial charge is 0.409 e. The first-order chi connectivity index (χ1) is 9.56. The van der Waals surface area contributed by atoms with Gasteiger partial charge in [-0.3, -0.25) is 0 Å². The molecule has 0 aliphatic rings. The molecule has 1 aromatic carbocycles. The molecular formula is C14H22FN3OS. The molecule has 0 fully saturated rings. The Hall–Kier alpha value is -1.27.